The first-order valence-electron chi connectivity index (χ1n) is 6.51. The Labute approximate surface area is 121 Å². The highest BCUT2D eigenvalue weighted by Gasteiger charge is 2.16. The Morgan fingerprint density at radius 1 is 1.47 bits per heavy atom. The molecule has 0 spiro atoms. The third kappa shape index (κ3) is 4.35. The van der Waals surface area contributed by atoms with Gasteiger partial charge in [0.15, 0.2) is 0 Å². The molecule has 1 fully saturated rings. The first kappa shape index (κ1) is 14.1. The van der Waals surface area contributed by atoms with Crippen molar-refractivity contribution in [1.29, 1.82) is 0 Å². The van der Waals surface area contributed by atoms with Gasteiger partial charge >= 0.3 is 6.03 Å². The van der Waals surface area contributed by atoms with Crippen LogP contribution in [0.15, 0.2) is 34.6 Å². The summed E-state index contributed by atoms with van der Waals surface area (Å²) in [5.41, 5.74) is 1.25. The Morgan fingerprint density at radius 3 is 2.89 bits per heavy atom. The highest BCUT2D eigenvalue weighted by Crippen LogP contribution is 2.30. The molecule has 0 aromatic carbocycles. The molecule has 0 atom stereocenters. The van der Waals surface area contributed by atoms with Gasteiger partial charge < -0.3 is 5.32 Å². The van der Waals surface area contributed by atoms with Crippen LogP contribution >= 0.6 is 15.9 Å². The molecule has 1 aliphatic rings. The lowest BCUT2D eigenvalue weighted by Crippen LogP contribution is -2.25. The van der Waals surface area contributed by atoms with Gasteiger partial charge in [0.2, 0.25) is 0 Å². The Morgan fingerprint density at radius 2 is 2.21 bits per heavy atom. The topological polar surface area (TPSA) is 54.0 Å². The van der Waals surface area contributed by atoms with Gasteiger partial charge in [-0.3, -0.25) is 5.32 Å². The van der Waals surface area contributed by atoms with Crippen molar-refractivity contribution in [2.75, 3.05) is 5.32 Å². The number of allylic oxidation sites excluding steroid dienone is 1. The molecular formula is C14H18BrN3O. The standard InChI is InChI=1S/C14H18BrN3O/c1-10(11-4-2-3-5-11)9-17-14(19)18-13-8-12(15)6-7-16-13/h6-9,11H,2-5H2,1H3,(H2,16,17,18,19)/b10-9+. The number of anilines is 1. The number of amides is 2. The summed E-state index contributed by atoms with van der Waals surface area (Å²) in [5, 5.41) is 5.45. The number of hydrogen-bond donors (Lipinski definition) is 2. The van der Waals surface area contributed by atoms with Crippen LogP contribution in [0.1, 0.15) is 32.6 Å². The number of rotatable bonds is 3. The van der Waals surface area contributed by atoms with Crippen LogP contribution in [0.3, 0.4) is 0 Å². The second-order valence-corrected chi connectivity index (χ2v) is 5.74. The third-order valence-corrected chi connectivity index (χ3v) is 3.89. The minimum Gasteiger partial charge on any atom is -0.314 e. The molecule has 0 bridgehead atoms. The first-order valence-corrected chi connectivity index (χ1v) is 7.30. The molecule has 102 valence electrons. The van der Waals surface area contributed by atoms with Crippen LogP contribution in [0, 0.1) is 5.92 Å². The second-order valence-electron chi connectivity index (χ2n) is 4.83. The van der Waals surface area contributed by atoms with Crippen LogP contribution in [-0.4, -0.2) is 11.0 Å². The predicted octanol–water partition coefficient (Wildman–Crippen LogP) is 4.06. The van der Waals surface area contributed by atoms with Gasteiger partial charge in [-0.2, -0.15) is 0 Å². The average molecular weight is 324 g/mol. The molecule has 0 radical (unpaired) electrons. The molecule has 2 amide bonds. The average Bonchev–Trinajstić information content (AvgIpc) is 2.90. The highest BCUT2D eigenvalue weighted by molar-refractivity contribution is 9.10. The van der Waals surface area contributed by atoms with Gasteiger partial charge in [-0.1, -0.05) is 34.3 Å². The molecule has 1 aromatic rings. The fourth-order valence-corrected chi connectivity index (χ4v) is 2.64. The normalized spacial score (nSPS) is 16.4. The molecule has 0 saturated heterocycles. The summed E-state index contributed by atoms with van der Waals surface area (Å²) >= 11 is 3.34. The molecule has 2 N–H and O–H groups in total. The van der Waals surface area contributed by atoms with E-state index in [4.69, 9.17) is 0 Å². The molecule has 2 rings (SSSR count). The lowest BCUT2D eigenvalue weighted by molar-refractivity contribution is 0.255. The van der Waals surface area contributed by atoms with E-state index in [0.717, 1.165) is 4.47 Å². The molecule has 4 nitrogen and oxygen atoms in total. The lowest BCUT2D eigenvalue weighted by Gasteiger charge is -2.10. The number of nitrogens with one attached hydrogen (secondary N) is 2. The Bertz CT molecular complexity index is 481. The molecule has 5 heteroatoms. The van der Waals surface area contributed by atoms with Crippen LogP contribution in [0.5, 0.6) is 0 Å². The number of urea groups is 1. The van der Waals surface area contributed by atoms with Crippen molar-refractivity contribution < 1.29 is 4.79 Å². The van der Waals surface area contributed by atoms with Crippen molar-refractivity contribution in [3.63, 3.8) is 0 Å². The largest absolute Gasteiger partial charge is 0.324 e. The lowest BCUT2D eigenvalue weighted by atomic mass is 10.0. The van der Waals surface area contributed by atoms with E-state index < -0.39 is 0 Å². The Kier molecular flexibility index (Phi) is 4.96. The second kappa shape index (κ2) is 6.70. The molecule has 1 aliphatic carbocycles. The highest BCUT2D eigenvalue weighted by atomic mass is 79.9. The fraction of sp³-hybridized carbons (Fsp3) is 0.429. The van der Waals surface area contributed by atoms with E-state index in [0.29, 0.717) is 11.7 Å². The number of halogens is 1. The van der Waals surface area contributed by atoms with E-state index >= 15 is 0 Å². The zero-order valence-corrected chi connectivity index (χ0v) is 12.5. The molecule has 0 aliphatic heterocycles. The van der Waals surface area contributed by atoms with E-state index in [1.807, 2.05) is 12.3 Å². The Hall–Kier alpha value is -1.36. The van der Waals surface area contributed by atoms with Gasteiger partial charge in [0.25, 0.3) is 0 Å². The van der Waals surface area contributed by atoms with Crippen molar-refractivity contribution in [2.45, 2.75) is 32.6 Å². The smallest absolute Gasteiger partial charge is 0.314 e. The van der Waals surface area contributed by atoms with E-state index in [2.05, 4.69) is 38.5 Å². The van der Waals surface area contributed by atoms with Gasteiger partial charge in [-0.05, 0) is 37.8 Å². The van der Waals surface area contributed by atoms with Crippen LogP contribution in [0.4, 0.5) is 10.6 Å². The van der Waals surface area contributed by atoms with Crippen LogP contribution in [0.25, 0.3) is 0 Å². The summed E-state index contributed by atoms with van der Waals surface area (Å²) in [6.45, 7) is 2.08. The monoisotopic (exact) mass is 323 g/mol. The van der Waals surface area contributed by atoms with Gasteiger partial charge in [-0.15, -0.1) is 0 Å². The predicted molar refractivity (Wildman–Crippen MR) is 79.8 cm³/mol. The summed E-state index contributed by atoms with van der Waals surface area (Å²) in [7, 11) is 0. The maximum atomic E-state index is 11.7. The maximum absolute atomic E-state index is 11.7. The van der Waals surface area contributed by atoms with E-state index in [9.17, 15) is 4.79 Å². The number of pyridine rings is 1. The van der Waals surface area contributed by atoms with Crippen LogP contribution < -0.4 is 10.6 Å². The molecule has 1 heterocycles. The summed E-state index contributed by atoms with van der Waals surface area (Å²) < 4.78 is 0.885. The molecule has 1 saturated carbocycles. The summed E-state index contributed by atoms with van der Waals surface area (Å²) in [6, 6.07) is 3.31. The molecular weight excluding hydrogens is 306 g/mol. The third-order valence-electron chi connectivity index (χ3n) is 3.39. The van der Waals surface area contributed by atoms with Gasteiger partial charge in [0.1, 0.15) is 5.82 Å². The fourth-order valence-electron chi connectivity index (χ4n) is 2.30. The minimum atomic E-state index is -0.261. The number of aromatic nitrogens is 1. The van der Waals surface area contributed by atoms with E-state index in [1.165, 1.54) is 31.3 Å². The summed E-state index contributed by atoms with van der Waals surface area (Å²) in [4.78, 5) is 15.8. The zero-order valence-electron chi connectivity index (χ0n) is 10.9. The van der Waals surface area contributed by atoms with Crippen molar-refractivity contribution in [3.05, 3.63) is 34.6 Å². The van der Waals surface area contributed by atoms with Gasteiger partial charge in [0.05, 0.1) is 0 Å². The van der Waals surface area contributed by atoms with Crippen molar-refractivity contribution in [2.24, 2.45) is 5.92 Å². The minimum absolute atomic E-state index is 0.261. The quantitative estimate of drug-likeness (QED) is 0.881. The first-order chi connectivity index (χ1) is 9.15. The maximum Gasteiger partial charge on any atom is 0.324 e. The van der Waals surface area contributed by atoms with E-state index in [1.54, 1.807) is 12.3 Å². The van der Waals surface area contributed by atoms with Crippen molar-refractivity contribution in [3.8, 4) is 0 Å². The number of carbonyl (C=O) groups is 1. The Balaban J connectivity index is 1.85. The van der Waals surface area contributed by atoms with Crippen LogP contribution in [0.2, 0.25) is 0 Å². The van der Waals surface area contributed by atoms with Crippen LogP contribution in [-0.2, 0) is 0 Å². The zero-order chi connectivity index (χ0) is 13.7. The summed E-state index contributed by atoms with van der Waals surface area (Å²) in [5.74, 6) is 1.16. The van der Waals surface area contributed by atoms with Crippen molar-refractivity contribution >= 4 is 27.8 Å². The van der Waals surface area contributed by atoms with E-state index in [-0.39, 0.29) is 6.03 Å². The summed E-state index contributed by atoms with van der Waals surface area (Å²) in [6.07, 6.45) is 8.51. The van der Waals surface area contributed by atoms with Crippen molar-refractivity contribution in [1.82, 2.24) is 10.3 Å². The van der Waals surface area contributed by atoms with Gasteiger partial charge in [-0.25, -0.2) is 9.78 Å². The molecule has 1 aromatic heterocycles. The number of hydrogen-bond acceptors (Lipinski definition) is 2. The molecule has 0 unspecified atom stereocenters. The molecule has 19 heavy (non-hydrogen) atoms. The SMILES string of the molecule is C/C(=C\NC(=O)Nc1cc(Br)ccn1)C1CCCC1. The number of carbonyl (C=O) groups excluding carboxylic acids is 1. The van der Waals surface area contributed by atoms with Gasteiger partial charge in [0, 0.05) is 16.9 Å². The number of nitrogens with zero attached hydrogens (tertiary/aromatic N) is 1.